The van der Waals surface area contributed by atoms with Crippen LogP contribution in [0.1, 0.15) is 69.1 Å². The van der Waals surface area contributed by atoms with E-state index in [1.807, 2.05) is 0 Å². The molecule has 2 aromatic rings. The molecule has 0 radical (unpaired) electrons. The molecule has 0 saturated heterocycles. The smallest absolute Gasteiger partial charge is 0.348 e. The molecule has 12 nitrogen and oxygen atoms in total. The minimum Gasteiger partial charge on any atom is -0.478 e. The van der Waals surface area contributed by atoms with E-state index in [1.165, 1.54) is 18.7 Å². The molecule has 0 aromatic heterocycles. The topological polar surface area (TPSA) is 194 Å². The van der Waals surface area contributed by atoms with Crippen molar-refractivity contribution >= 4 is 151 Å². The van der Waals surface area contributed by atoms with Gasteiger partial charge in [0.1, 0.15) is 0 Å². The van der Waals surface area contributed by atoms with Gasteiger partial charge in [0.2, 0.25) is 0 Å². The van der Waals surface area contributed by atoms with Gasteiger partial charge < -0.3 is 40.5 Å². The Bertz CT molecular complexity index is 1470. The van der Waals surface area contributed by atoms with Crippen molar-refractivity contribution in [1.82, 2.24) is 10.2 Å². The van der Waals surface area contributed by atoms with Crippen molar-refractivity contribution in [2.24, 2.45) is 0 Å². The minimum absolute atomic E-state index is 0.0411. The summed E-state index contributed by atoms with van der Waals surface area (Å²) in [5.41, 5.74) is 0.179. The molecule has 1 aliphatic rings. The molecular formula is C28H30Br8N2O10. The summed E-state index contributed by atoms with van der Waals surface area (Å²) in [4.78, 5) is 48.6. The molecular weight excluding hydrogens is 1160 g/mol. The Morgan fingerprint density at radius 2 is 0.938 bits per heavy atom. The van der Waals surface area contributed by atoms with Crippen molar-refractivity contribution in [3.8, 4) is 0 Å². The predicted octanol–water partition coefficient (Wildman–Crippen LogP) is 7.02. The van der Waals surface area contributed by atoms with Gasteiger partial charge in [-0.3, -0.25) is 4.79 Å². The number of halogens is 8. The van der Waals surface area contributed by atoms with E-state index in [9.17, 15) is 34.5 Å². The number of nitrogens with zero attached hydrogens (tertiary/aromatic N) is 1. The summed E-state index contributed by atoms with van der Waals surface area (Å²) in [6.07, 6.45) is -2.32. The van der Waals surface area contributed by atoms with Gasteiger partial charge in [0, 0.05) is 62.0 Å². The van der Waals surface area contributed by atoms with E-state index in [0.29, 0.717) is 39.9 Å². The number of aliphatic hydroxyl groups is 4. The maximum atomic E-state index is 12.9. The zero-order chi connectivity index (χ0) is 37.4. The molecule has 48 heavy (non-hydrogen) atoms. The van der Waals surface area contributed by atoms with Crippen molar-refractivity contribution in [3.63, 3.8) is 0 Å². The van der Waals surface area contributed by atoms with Crippen molar-refractivity contribution in [3.05, 3.63) is 58.0 Å². The van der Waals surface area contributed by atoms with Crippen LogP contribution in [0.5, 0.6) is 0 Å². The fourth-order valence-electron chi connectivity index (χ4n) is 3.77. The van der Waals surface area contributed by atoms with E-state index in [4.69, 9.17) is 10.2 Å². The highest BCUT2D eigenvalue weighted by Gasteiger charge is 2.37. The number of aliphatic hydroxyl groups excluding tert-OH is 4. The lowest BCUT2D eigenvalue weighted by Gasteiger charge is -2.27. The third-order valence-corrected chi connectivity index (χ3v) is 15.2. The Balaban J connectivity index is 0.000000406. The van der Waals surface area contributed by atoms with E-state index in [1.54, 1.807) is 13.8 Å². The molecule has 0 bridgehead atoms. The highest BCUT2D eigenvalue weighted by molar-refractivity contribution is 9.15. The van der Waals surface area contributed by atoms with Gasteiger partial charge in [-0.1, -0.05) is 0 Å². The van der Waals surface area contributed by atoms with Crippen LogP contribution in [0, 0.1) is 0 Å². The summed E-state index contributed by atoms with van der Waals surface area (Å²) < 4.78 is 8.23. The van der Waals surface area contributed by atoms with Crippen LogP contribution in [0.2, 0.25) is 0 Å². The van der Waals surface area contributed by atoms with E-state index in [-0.39, 0.29) is 56.5 Å². The number of rotatable bonds is 10. The summed E-state index contributed by atoms with van der Waals surface area (Å²) in [5.74, 6) is -3.19. The van der Waals surface area contributed by atoms with Crippen LogP contribution < -0.4 is 5.32 Å². The number of cyclic esters (lactones) is 2. The van der Waals surface area contributed by atoms with Crippen LogP contribution in [0.15, 0.2) is 35.8 Å². The summed E-state index contributed by atoms with van der Waals surface area (Å²) in [6, 6.07) is 0. The Kier molecular flexibility index (Phi) is 20.2. The fourth-order valence-corrected chi connectivity index (χ4v) is 8.67. The highest BCUT2D eigenvalue weighted by Crippen LogP contribution is 2.45. The molecule has 1 aliphatic heterocycles. The number of benzene rings is 2. The van der Waals surface area contributed by atoms with E-state index >= 15 is 0 Å². The Labute approximate surface area is 343 Å². The van der Waals surface area contributed by atoms with E-state index < -0.39 is 36.0 Å². The molecule has 4 atom stereocenters. The molecule has 1 heterocycles. The third kappa shape index (κ3) is 12.7. The molecule has 0 saturated carbocycles. The van der Waals surface area contributed by atoms with E-state index in [0.717, 1.165) is 0 Å². The van der Waals surface area contributed by atoms with Crippen molar-refractivity contribution in [2.75, 3.05) is 26.2 Å². The van der Waals surface area contributed by atoms with Gasteiger partial charge in [-0.15, -0.1) is 0 Å². The summed E-state index contributed by atoms with van der Waals surface area (Å²) in [6.45, 7) is 7.42. The number of carboxylic acid groups (broad SMARTS) is 1. The third-order valence-electron chi connectivity index (χ3n) is 5.69. The number of amides is 1. The van der Waals surface area contributed by atoms with Crippen LogP contribution in [-0.2, 0) is 4.74 Å². The Morgan fingerprint density at radius 1 is 0.604 bits per heavy atom. The number of esters is 2. The predicted molar refractivity (Wildman–Crippen MR) is 207 cm³/mol. The van der Waals surface area contributed by atoms with Gasteiger partial charge in [0.05, 0.1) is 46.7 Å². The molecule has 0 aliphatic carbocycles. The Hall–Kier alpha value is 0.160. The molecule has 268 valence electrons. The normalized spacial score (nSPS) is 14.4. The van der Waals surface area contributed by atoms with Crippen LogP contribution in [0.4, 0.5) is 0 Å². The number of aromatic carboxylic acids is 1. The van der Waals surface area contributed by atoms with Gasteiger partial charge in [-0.25, -0.2) is 14.4 Å². The molecule has 0 spiro atoms. The average Bonchev–Trinajstić information content (AvgIpc) is 3.27. The van der Waals surface area contributed by atoms with Crippen LogP contribution in [0.3, 0.4) is 0 Å². The first-order valence-electron chi connectivity index (χ1n) is 13.5. The van der Waals surface area contributed by atoms with Crippen molar-refractivity contribution < 1.29 is 49.4 Å². The molecule has 2 aromatic carbocycles. The first-order valence-corrected chi connectivity index (χ1v) is 19.8. The standard InChI is InChI=1S/C14H15Br4NO5.C8Br4O3.C6H15NO2/c1-5(20)3-19(4-6(2)21)13(22)7-8(14(23)24)10(16)12(18)11(17)9(7)15;9-3-1-2(8(14)15-7(1)13)4(10)6(12)5(3)11;1-5(8)3-7-4-6(2)9/h5-6,20-21H,3-4H2,1-2H3,(H,23,24);;5-9H,3-4H2,1-2H3. The van der Waals surface area contributed by atoms with E-state index in [2.05, 4.69) is 137 Å². The average molecular weight is 1190 g/mol. The second-order valence-electron chi connectivity index (χ2n) is 10.3. The number of hydrogen-bond donors (Lipinski definition) is 6. The number of carbonyl (C=O) groups excluding carboxylic acids is 3. The maximum absolute atomic E-state index is 12.9. The number of carboxylic acids is 1. The molecule has 1 amide bonds. The monoisotopic (exact) mass is 1190 g/mol. The minimum atomic E-state index is -1.28. The second-order valence-corrected chi connectivity index (χ2v) is 16.6. The lowest BCUT2D eigenvalue weighted by Crippen LogP contribution is -2.41. The molecule has 6 N–H and O–H groups in total. The molecule has 20 heteroatoms. The SMILES string of the molecule is CC(O)CN(CC(C)O)C(=O)c1c(Br)c(Br)c(Br)c(Br)c1C(=O)O.CC(O)CNCC(C)O.O=C1OC(=O)c2c(Br)c(Br)c(Br)c(Br)c21. The number of carbonyl (C=O) groups is 4. The number of hydrogen-bond acceptors (Lipinski definition) is 10. The number of ether oxygens (including phenoxy) is 1. The number of nitrogens with one attached hydrogen (secondary N) is 1. The largest absolute Gasteiger partial charge is 0.478 e. The fraction of sp³-hybridized carbons (Fsp3) is 0.429. The zero-order valence-electron chi connectivity index (χ0n) is 25.4. The van der Waals surface area contributed by atoms with Crippen LogP contribution >= 0.6 is 127 Å². The van der Waals surface area contributed by atoms with Gasteiger partial charge in [-0.05, 0) is 155 Å². The van der Waals surface area contributed by atoms with Gasteiger partial charge in [0.15, 0.2) is 0 Å². The summed E-state index contributed by atoms with van der Waals surface area (Å²) in [5, 5.41) is 49.1. The summed E-state index contributed by atoms with van der Waals surface area (Å²) in [7, 11) is 0. The first kappa shape index (κ1) is 46.2. The van der Waals surface area contributed by atoms with Gasteiger partial charge in [0.25, 0.3) is 5.91 Å². The maximum Gasteiger partial charge on any atom is 0.348 e. The lowest BCUT2D eigenvalue weighted by atomic mass is 10.1. The Morgan fingerprint density at radius 3 is 1.25 bits per heavy atom. The molecule has 4 unspecified atom stereocenters. The second kappa shape index (κ2) is 21.0. The molecule has 3 rings (SSSR count). The molecule has 0 fully saturated rings. The first-order chi connectivity index (χ1) is 22.1. The lowest BCUT2D eigenvalue weighted by molar-refractivity contribution is 0.0442. The highest BCUT2D eigenvalue weighted by atomic mass is 79.9. The van der Waals surface area contributed by atoms with Crippen molar-refractivity contribution in [2.45, 2.75) is 52.1 Å². The van der Waals surface area contributed by atoms with Crippen LogP contribution in [0.25, 0.3) is 0 Å². The van der Waals surface area contributed by atoms with Gasteiger partial charge >= 0.3 is 17.9 Å². The van der Waals surface area contributed by atoms with Crippen molar-refractivity contribution in [1.29, 1.82) is 0 Å². The van der Waals surface area contributed by atoms with Gasteiger partial charge in [-0.2, -0.15) is 0 Å². The quantitative estimate of drug-likeness (QED) is 0.0620. The number of fused-ring (bicyclic) bond motifs is 1. The van der Waals surface area contributed by atoms with Crippen LogP contribution in [-0.4, -0.2) is 105 Å². The summed E-state index contributed by atoms with van der Waals surface area (Å²) >= 11 is 26.0. The zero-order valence-corrected chi connectivity index (χ0v) is 38.1.